The lowest BCUT2D eigenvalue weighted by Gasteiger charge is -2.17. The first kappa shape index (κ1) is 14.1. The highest BCUT2D eigenvalue weighted by Gasteiger charge is 2.32. The summed E-state index contributed by atoms with van der Waals surface area (Å²) in [7, 11) is 0. The molecule has 1 aromatic heterocycles. The number of carbonyl (C=O) groups is 1. The van der Waals surface area contributed by atoms with Gasteiger partial charge in [-0.1, -0.05) is 0 Å². The van der Waals surface area contributed by atoms with Gasteiger partial charge in [-0.25, -0.2) is 8.78 Å². The van der Waals surface area contributed by atoms with E-state index in [0.29, 0.717) is 11.4 Å². The van der Waals surface area contributed by atoms with Gasteiger partial charge in [-0.15, -0.1) is 11.8 Å². The van der Waals surface area contributed by atoms with E-state index < -0.39 is 11.6 Å². The number of aromatic nitrogens is 2. The number of thioether (sulfide) groups is 1. The molecule has 21 heavy (non-hydrogen) atoms. The molecule has 0 saturated carbocycles. The number of carbonyl (C=O) groups excluding carboxylic acids is 1. The summed E-state index contributed by atoms with van der Waals surface area (Å²) in [4.78, 5) is 12.0. The molecule has 2 heterocycles. The maximum Gasteiger partial charge on any atom is 0.238 e. The minimum absolute atomic E-state index is 0.174. The third kappa shape index (κ3) is 2.53. The van der Waals surface area contributed by atoms with Gasteiger partial charge in [0.25, 0.3) is 0 Å². The van der Waals surface area contributed by atoms with Crippen LogP contribution in [0.5, 0.6) is 0 Å². The number of anilines is 1. The van der Waals surface area contributed by atoms with Crippen LogP contribution in [0.3, 0.4) is 0 Å². The molecule has 0 bridgehead atoms. The lowest BCUT2D eigenvalue weighted by Crippen LogP contribution is -2.21. The topological polar surface area (TPSA) is 57.8 Å². The van der Waals surface area contributed by atoms with Crippen molar-refractivity contribution in [2.75, 3.05) is 5.32 Å². The maximum absolute atomic E-state index is 13.5. The van der Waals surface area contributed by atoms with Gasteiger partial charge >= 0.3 is 0 Å². The second-order valence-corrected chi connectivity index (χ2v) is 6.41. The zero-order valence-corrected chi connectivity index (χ0v) is 12.2. The lowest BCUT2D eigenvalue weighted by atomic mass is 10.0. The molecule has 4 nitrogen and oxygen atoms in total. The number of halogens is 2. The fourth-order valence-electron chi connectivity index (χ4n) is 2.38. The van der Waals surface area contributed by atoms with E-state index in [1.165, 1.54) is 23.9 Å². The molecule has 2 aromatic rings. The van der Waals surface area contributed by atoms with Gasteiger partial charge in [-0.3, -0.25) is 9.89 Å². The number of fused-ring (bicyclic) bond motifs is 1. The molecule has 3 rings (SSSR count). The van der Waals surface area contributed by atoms with Crippen LogP contribution in [-0.2, 0) is 4.79 Å². The molecule has 7 heteroatoms. The quantitative estimate of drug-likeness (QED) is 0.851. The van der Waals surface area contributed by atoms with Crippen molar-refractivity contribution in [1.82, 2.24) is 10.2 Å². The van der Waals surface area contributed by atoms with Gasteiger partial charge in [0.05, 0.1) is 10.5 Å². The predicted octanol–water partition coefficient (Wildman–Crippen LogP) is 3.16. The van der Waals surface area contributed by atoms with Gasteiger partial charge in [0.2, 0.25) is 5.91 Å². The van der Waals surface area contributed by atoms with E-state index in [1.807, 2.05) is 6.92 Å². The second kappa shape index (κ2) is 5.14. The number of nitrogens with zero attached hydrogens (tertiary/aromatic N) is 1. The normalized spacial score (nSPS) is 21.6. The number of nitrogens with one attached hydrogen (secondary N) is 2. The van der Waals surface area contributed by atoms with E-state index >= 15 is 0 Å². The zero-order valence-electron chi connectivity index (χ0n) is 11.4. The van der Waals surface area contributed by atoms with E-state index in [2.05, 4.69) is 15.5 Å². The summed E-state index contributed by atoms with van der Waals surface area (Å²) >= 11 is 1.34. The van der Waals surface area contributed by atoms with Crippen molar-refractivity contribution in [2.45, 2.75) is 24.3 Å². The molecule has 1 aliphatic heterocycles. The van der Waals surface area contributed by atoms with Crippen LogP contribution in [0.2, 0.25) is 0 Å². The summed E-state index contributed by atoms with van der Waals surface area (Å²) < 4.78 is 27.0. The molecule has 0 unspecified atom stereocenters. The number of benzene rings is 1. The average Bonchev–Trinajstić information content (AvgIpc) is 2.69. The van der Waals surface area contributed by atoms with Crippen molar-refractivity contribution in [3.63, 3.8) is 0 Å². The molecule has 0 radical (unpaired) electrons. The molecule has 0 spiro atoms. The Bertz CT molecular complexity index is 696. The van der Waals surface area contributed by atoms with E-state index in [1.54, 1.807) is 6.92 Å². The molecule has 1 aromatic carbocycles. The Hall–Kier alpha value is -1.89. The van der Waals surface area contributed by atoms with Crippen molar-refractivity contribution in [3.8, 4) is 0 Å². The van der Waals surface area contributed by atoms with Crippen LogP contribution in [0, 0.1) is 18.6 Å². The van der Waals surface area contributed by atoms with Gasteiger partial charge in [0, 0.05) is 17.3 Å². The average molecular weight is 309 g/mol. The first-order chi connectivity index (χ1) is 9.95. The number of hydrogen-bond acceptors (Lipinski definition) is 3. The number of H-pyrrole nitrogens is 1. The van der Waals surface area contributed by atoms with E-state index in [9.17, 15) is 13.6 Å². The third-order valence-electron chi connectivity index (χ3n) is 3.40. The fraction of sp³-hybridized carbons (Fsp3) is 0.286. The summed E-state index contributed by atoms with van der Waals surface area (Å²) in [6, 6.07) is 3.42. The van der Waals surface area contributed by atoms with Crippen LogP contribution >= 0.6 is 11.8 Å². The van der Waals surface area contributed by atoms with Gasteiger partial charge in [-0.05, 0) is 31.5 Å². The minimum atomic E-state index is -0.635. The SMILES string of the molecule is Cc1[nH]nc2c1[C@@H](c1cc(F)cc(F)c1)S[C@@H](C)C(=O)N2. The van der Waals surface area contributed by atoms with Gasteiger partial charge in [-0.2, -0.15) is 5.10 Å². The highest BCUT2D eigenvalue weighted by atomic mass is 32.2. The molecular formula is C14H13F2N3OS. The zero-order chi connectivity index (χ0) is 15.1. The summed E-state index contributed by atoms with van der Waals surface area (Å²) in [5.41, 5.74) is 2.00. The third-order valence-corrected chi connectivity index (χ3v) is 4.80. The predicted molar refractivity (Wildman–Crippen MR) is 77.2 cm³/mol. The summed E-state index contributed by atoms with van der Waals surface area (Å²) in [6.07, 6.45) is 0. The Morgan fingerprint density at radius 1 is 1.24 bits per heavy atom. The van der Waals surface area contributed by atoms with E-state index in [0.717, 1.165) is 17.3 Å². The smallest absolute Gasteiger partial charge is 0.238 e. The van der Waals surface area contributed by atoms with Crippen LogP contribution in [-0.4, -0.2) is 21.4 Å². The van der Waals surface area contributed by atoms with Gasteiger partial charge in [0.1, 0.15) is 11.6 Å². The highest BCUT2D eigenvalue weighted by Crippen LogP contribution is 2.44. The molecule has 1 aliphatic rings. The summed E-state index contributed by atoms with van der Waals surface area (Å²) in [5.74, 6) is -1.02. The van der Waals surface area contributed by atoms with Gasteiger partial charge in [0.15, 0.2) is 5.82 Å². The molecule has 2 atom stereocenters. The van der Waals surface area contributed by atoms with Crippen LogP contribution in [0.25, 0.3) is 0 Å². The summed E-state index contributed by atoms with van der Waals surface area (Å²) in [6.45, 7) is 3.57. The van der Waals surface area contributed by atoms with E-state index in [-0.39, 0.29) is 16.4 Å². The van der Waals surface area contributed by atoms with Gasteiger partial charge < -0.3 is 5.32 Å². The summed E-state index contributed by atoms with van der Waals surface area (Å²) in [5, 5.41) is 8.89. The molecule has 110 valence electrons. The van der Waals surface area contributed by atoms with Crippen molar-refractivity contribution in [2.24, 2.45) is 0 Å². The largest absolute Gasteiger partial charge is 0.308 e. The number of hydrogen-bond donors (Lipinski definition) is 2. The highest BCUT2D eigenvalue weighted by molar-refractivity contribution is 8.01. The number of amides is 1. The Kier molecular flexibility index (Phi) is 3.44. The van der Waals surface area contributed by atoms with Crippen molar-refractivity contribution in [3.05, 3.63) is 46.7 Å². The first-order valence-corrected chi connectivity index (χ1v) is 7.37. The molecule has 0 fully saturated rings. The van der Waals surface area contributed by atoms with E-state index in [4.69, 9.17) is 0 Å². The Morgan fingerprint density at radius 2 is 1.90 bits per heavy atom. The first-order valence-electron chi connectivity index (χ1n) is 6.43. The minimum Gasteiger partial charge on any atom is -0.308 e. The van der Waals surface area contributed by atoms with Crippen molar-refractivity contribution in [1.29, 1.82) is 0 Å². The molecule has 1 amide bonds. The Labute approximate surface area is 124 Å². The van der Waals surface area contributed by atoms with Crippen LogP contribution in [0.1, 0.15) is 29.0 Å². The number of rotatable bonds is 1. The van der Waals surface area contributed by atoms with Crippen molar-refractivity contribution >= 4 is 23.5 Å². The molecule has 0 aliphatic carbocycles. The molecule has 0 saturated heterocycles. The number of aryl methyl sites for hydroxylation is 1. The Balaban J connectivity index is 2.15. The van der Waals surface area contributed by atoms with Crippen LogP contribution in [0.15, 0.2) is 18.2 Å². The monoisotopic (exact) mass is 309 g/mol. The molecular weight excluding hydrogens is 296 g/mol. The van der Waals surface area contributed by atoms with Crippen LogP contribution in [0.4, 0.5) is 14.6 Å². The standard InChI is InChI=1S/C14H13F2N3OS/c1-6-11-12(8-3-9(15)5-10(16)4-8)21-7(2)14(20)17-13(11)19-18-6/h3-5,7,12H,1-2H3,(H2,17,18,19,20)/t7-,12+/m0/s1. The second-order valence-electron chi connectivity index (χ2n) is 4.96. The van der Waals surface area contributed by atoms with Crippen LogP contribution < -0.4 is 5.32 Å². The number of aromatic amines is 1. The maximum atomic E-state index is 13.5. The van der Waals surface area contributed by atoms with Crippen molar-refractivity contribution < 1.29 is 13.6 Å². The molecule has 2 N–H and O–H groups in total. The Morgan fingerprint density at radius 3 is 2.57 bits per heavy atom. The fourth-order valence-corrected chi connectivity index (χ4v) is 3.69. The lowest BCUT2D eigenvalue weighted by molar-refractivity contribution is -0.115.